The molecule has 0 aromatic heterocycles. The molecule has 4 heteroatoms. The van der Waals surface area contributed by atoms with Crippen LogP contribution in [0.3, 0.4) is 0 Å². The lowest BCUT2D eigenvalue weighted by atomic mass is 9.76. The summed E-state index contributed by atoms with van der Waals surface area (Å²) in [7, 11) is 0. The van der Waals surface area contributed by atoms with Crippen LogP contribution in [0.15, 0.2) is 24.3 Å². The Bertz CT molecular complexity index is 521. The Morgan fingerprint density at radius 1 is 1.32 bits per heavy atom. The molecule has 0 unspecified atom stereocenters. The van der Waals surface area contributed by atoms with Gasteiger partial charge in [-0.15, -0.1) is 0 Å². The number of hydrogen-bond donors (Lipinski definition) is 2. The summed E-state index contributed by atoms with van der Waals surface area (Å²) in [6.45, 7) is 7.00. The van der Waals surface area contributed by atoms with E-state index >= 15 is 0 Å². The highest BCUT2D eigenvalue weighted by molar-refractivity contribution is 5.22. The maximum absolute atomic E-state index is 10.3. The number of likely N-dealkylation sites (tertiary alicyclic amines) is 1. The first-order chi connectivity index (χ1) is 10.4. The third-order valence-electron chi connectivity index (χ3n) is 5.20. The summed E-state index contributed by atoms with van der Waals surface area (Å²) in [6.07, 6.45) is 1.59. The summed E-state index contributed by atoms with van der Waals surface area (Å²) in [5, 5.41) is 20.2. The number of rotatable bonds is 2. The molecule has 4 nitrogen and oxygen atoms in total. The van der Waals surface area contributed by atoms with Gasteiger partial charge in [-0.05, 0) is 32.3 Å². The van der Waals surface area contributed by atoms with Crippen molar-refractivity contribution in [1.29, 1.82) is 0 Å². The van der Waals surface area contributed by atoms with E-state index in [9.17, 15) is 10.2 Å². The first-order valence-electron chi connectivity index (χ1n) is 8.21. The van der Waals surface area contributed by atoms with Gasteiger partial charge in [0, 0.05) is 26.1 Å². The molecule has 0 saturated carbocycles. The van der Waals surface area contributed by atoms with Crippen LogP contribution in [0, 0.1) is 6.92 Å². The molecule has 1 aromatic rings. The summed E-state index contributed by atoms with van der Waals surface area (Å²) in [5.41, 5.74) is 1.36. The van der Waals surface area contributed by atoms with Gasteiger partial charge >= 0.3 is 0 Å². The van der Waals surface area contributed by atoms with E-state index in [0.717, 1.165) is 32.5 Å². The molecule has 2 fully saturated rings. The van der Waals surface area contributed by atoms with Crippen molar-refractivity contribution in [2.45, 2.75) is 57.0 Å². The van der Waals surface area contributed by atoms with Crippen molar-refractivity contribution in [2.75, 3.05) is 19.7 Å². The Balaban J connectivity index is 1.58. The normalized spacial score (nSPS) is 32.3. The molecule has 0 radical (unpaired) electrons. The lowest BCUT2D eigenvalue weighted by Gasteiger charge is -2.50. The van der Waals surface area contributed by atoms with Crippen LogP contribution >= 0.6 is 0 Å². The van der Waals surface area contributed by atoms with Crippen molar-refractivity contribution >= 4 is 0 Å². The highest BCUT2D eigenvalue weighted by atomic mass is 16.5. The number of aliphatic hydroxyl groups is 2. The molecule has 1 aromatic carbocycles. The largest absolute Gasteiger partial charge is 0.388 e. The summed E-state index contributed by atoms with van der Waals surface area (Å²) in [6, 6.07) is 8.65. The summed E-state index contributed by atoms with van der Waals surface area (Å²) in [4.78, 5) is 2.45. The topological polar surface area (TPSA) is 52.9 Å². The molecule has 122 valence electrons. The van der Waals surface area contributed by atoms with Gasteiger partial charge in [0.15, 0.2) is 0 Å². The van der Waals surface area contributed by atoms with E-state index in [1.165, 1.54) is 11.1 Å². The van der Waals surface area contributed by atoms with E-state index in [1.807, 2.05) is 0 Å². The van der Waals surface area contributed by atoms with Crippen molar-refractivity contribution in [3.63, 3.8) is 0 Å². The molecule has 0 bridgehead atoms. The minimum absolute atomic E-state index is 0.241. The van der Waals surface area contributed by atoms with Crippen LogP contribution in [0.5, 0.6) is 0 Å². The molecule has 2 aliphatic rings. The monoisotopic (exact) mass is 305 g/mol. The second-order valence-corrected chi connectivity index (χ2v) is 7.31. The van der Waals surface area contributed by atoms with E-state index < -0.39 is 11.7 Å². The number of benzene rings is 1. The third-order valence-corrected chi connectivity index (χ3v) is 5.20. The van der Waals surface area contributed by atoms with Gasteiger partial charge in [-0.3, -0.25) is 4.90 Å². The average molecular weight is 305 g/mol. The molecule has 3 rings (SSSR count). The molecule has 1 spiro atoms. The predicted molar refractivity (Wildman–Crippen MR) is 85.6 cm³/mol. The summed E-state index contributed by atoms with van der Waals surface area (Å²) in [5.74, 6) is 0. The van der Waals surface area contributed by atoms with E-state index in [2.05, 4.69) is 36.1 Å². The molecular weight excluding hydrogens is 278 g/mol. The molecule has 0 amide bonds. The van der Waals surface area contributed by atoms with Crippen LogP contribution in [-0.2, 0) is 11.3 Å². The zero-order chi connectivity index (χ0) is 15.8. The van der Waals surface area contributed by atoms with Crippen molar-refractivity contribution in [3.8, 4) is 0 Å². The maximum atomic E-state index is 10.3. The third kappa shape index (κ3) is 3.35. The second-order valence-electron chi connectivity index (χ2n) is 7.31. The smallest absolute Gasteiger partial charge is 0.106 e. The molecular formula is C18H27NO3. The molecule has 2 saturated heterocycles. The average Bonchev–Trinajstić information content (AvgIpc) is 2.46. The van der Waals surface area contributed by atoms with Crippen LogP contribution in [0.2, 0.25) is 0 Å². The van der Waals surface area contributed by atoms with Gasteiger partial charge in [0.1, 0.15) is 6.10 Å². The quantitative estimate of drug-likeness (QED) is 0.876. The minimum atomic E-state index is -1.03. The van der Waals surface area contributed by atoms with Gasteiger partial charge in [0.25, 0.3) is 0 Å². The lowest BCUT2D eigenvalue weighted by Crippen LogP contribution is -2.59. The number of ether oxygens (including phenoxy) is 1. The lowest BCUT2D eigenvalue weighted by molar-refractivity contribution is -0.223. The van der Waals surface area contributed by atoms with Crippen molar-refractivity contribution in [3.05, 3.63) is 35.4 Å². The number of nitrogens with zero attached hydrogens (tertiary/aromatic N) is 1. The maximum Gasteiger partial charge on any atom is 0.106 e. The van der Waals surface area contributed by atoms with E-state index in [0.29, 0.717) is 6.42 Å². The fraction of sp³-hybridized carbons (Fsp3) is 0.667. The molecule has 2 atom stereocenters. The highest BCUT2D eigenvalue weighted by Gasteiger charge is 2.48. The van der Waals surface area contributed by atoms with Crippen LogP contribution < -0.4 is 0 Å². The van der Waals surface area contributed by atoms with Gasteiger partial charge in [0.05, 0.1) is 17.8 Å². The number of piperidine rings is 1. The predicted octanol–water partition coefficient (Wildman–Crippen LogP) is 1.86. The SMILES string of the molecule is Cc1cccc(CN2CCC3(CC2)C[C@](C)(O)[C@@H](O)CO3)c1. The second kappa shape index (κ2) is 5.93. The van der Waals surface area contributed by atoms with Gasteiger partial charge < -0.3 is 14.9 Å². The standard InChI is InChI=1S/C18H27NO3/c1-14-4-3-5-15(10-14)11-19-8-6-18(7-9-19)13-17(2,21)16(20)12-22-18/h3-5,10,16,20-21H,6-9,11-13H2,1-2H3/t16-,17-/m0/s1. The Kier molecular flexibility index (Phi) is 4.29. The van der Waals surface area contributed by atoms with E-state index in [1.54, 1.807) is 6.92 Å². The van der Waals surface area contributed by atoms with Crippen molar-refractivity contribution < 1.29 is 14.9 Å². The Morgan fingerprint density at radius 3 is 2.68 bits per heavy atom. The molecule has 0 aliphatic carbocycles. The zero-order valence-corrected chi connectivity index (χ0v) is 13.6. The first-order valence-corrected chi connectivity index (χ1v) is 8.21. The Labute approximate surface area is 132 Å². The fourth-order valence-electron chi connectivity index (χ4n) is 3.76. The molecule has 2 heterocycles. The van der Waals surface area contributed by atoms with Gasteiger partial charge in [-0.25, -0.2) is 0 Å². The fourth-order valence-corrected chi connectivity index (χ4v) is 3.76. The van der Waals surface area contributed by atoms with Crippen LogP contribution in [0.25, 0.3) is 0 Å². The summed E-state index contributed by atoms with van der Waals surface area (Å²) >= 11 is 0. The van der Waals surface area contributed by atoms with Crippen molar-refractivity contribution in [1.82, 2.24) is 4.90 Å². The molecule has 2 N–H and O–H groups in total. The summed E-state index contributed by atoms with van der Waals surface area (Å²) < 4.78 is 5.94. The molecule has 22 heavy (non-hydrogen) atoms. The zero-order valence-electron chi connectivity index (χ0n) is 13.6. The molecule has 2 aliphatic heterocycles. The van der Waals surface area contributed by atoms with Crippen LogP contribution in [0.1, 0.15) is 37.3 Å². The Morgan fingerprint density at radius 2 is 2.05 bits per heavy atom. The van der Waals surface area contributed by atoms with Crippen molar-refractivity contribution in [2.24, 2.45) is 0 Å². The van der Waals surface area contributed by atoms with Crippen LogP contribution in [-0.4, -0.2) is 52.1 Å². The number of aryl methyl sites for hydroxylation is 1. The van der Waals surface area contributed by atoms with Crippen LogP contribution in [0.4, 0.5) is 0 Å². The number of aliphatic hydroxyl groups excluding tert-OH is 1. The first kappa shape index (κ1) is 15.9. The minimum Gasteiger partial charge on any atom is -0.388 e. The van der Waals surface area contributed by atoms with E-state index in [-0.39, 0.29) is 12.2 Å². The van der Waals surface area contributed by atoms with Gasteiger partial charge in [-0.2, -0.15) is 0 Å². The van der Waals surface area contributed by atoms with E-state index in [4.69, 9.17) is 4.74 Å². The number of hydrogen-bond acceptors (Lipinski definition) is 4. The Hall–Kier alpha value is -0.940. The highest BCUT2D eigenvalue weighted by Crippen LogP contribution is 2.39. The van der Waals surface area contributed by atoms with Gasteiger partial charge in [0.2, 0.25) is 0 Å². The van der Waals surface area contributed by atoms with Gasteiger partial charge in [-0.1, -0.05) is 29.8 Å².